The highest BCUT2D eigenvalue weighted by molar-refractivity contribution is 7.07. The minimum Gasteiger partial charge on any atom is -0.382 e. The van der Waals surface area contributed by atoms with Gasteiger partial charge in [0.25, 0.3) is 0 Å². The Balaban J connectivity index is 2.07. The molecule has 82 valence electrons. The molecule has 1 atom stereocenters. The average Bonchev–Trinajstić information content (AvgIpc) is 2.68. The molecule has 0 bridgehead atoms. The predicted octanol–water partition coefficient (Wildman–Crippen LogP) is 3.46. The molecule has 2 rings (SSSR count). The van der Waals surface area contributed by atoms with Crippen LogP contribution < -0.4 is 0 Å². The third-order valence-electron chi connectivity index (χ3n) is 2.91. The molecule has 0 radical (unpaired) electrons. The van der Waals surface area contributed by atoms with Gasteiger partial charge in [0.1, 0.15) is 6.10 Å². The normalized spacial score (nSPS) is 20.2. The second-order valence-corrected chi connectivity index (χ2v) is 4.77. The molecule has 0 fully saturated rings. The predicted molar refractivity (Wildman–Crippen MR) is 62.9 cm³/mol. The van der Waals surface area contributed by atoms with Crippen molar-refractivity contribution in [2.24, 2.45) is 0 Å². The first kappa shape index (κ1) is 10.8. The Morgan fingerprint density at radius 2 is 2.13 bits per heavy atom. The largest absolute Gasteiger partial charge is 0.382 e. The first-order chi connectivity index (χ1) is 7.38. The number of hydrogen-bond acceptors (Lipinski definition) is 3. The van der Waals surface area contributed by atoms with Crippen LogP contribution >= 0.6 is 11.3 Å². The summed E-state index contributed by atoms with van der Waals surface area (Å²) in [4.78, 5) is 4.17. The fourth-order valence-electron chi connectivity index (χ4n) is 2.01. The molecule has 3 heteroatoms. The van der Waals surface area contributed by atoms with Crippen molar-refractivity contribution >= 4 is 11.3 Å². The van der Waals surface area contributed by atoms with Gasteiger partial charge in [-0.15, -0.1) is 11.3 Å². The molecular weight excluding hydrogens is 206 g/mol. The van der Waals surface area contributed by atoms with Crippen LogP contribution in [0.1, 0.15) is 50.3 Å². The summed E-state index contributed by atoms with van der Waals surface area (Å²) < 4.78 is 0. The van der Waals surface area contributed by atoms with E-state index >= 15 is 0 Å². The Hall–Kier alpha value is -0.670. The Morgan fingerprint density at radius 3 is 2.93 bits per heavy atom. The molecule has 2 nitrogen and oxygen atoms in total. The van der Waals surface area contributed by atoms with Gasteiger partial charge in [0, 0.05) is 5.38 Å². The van der Waals surface area contributed by atoms with Gasteiger partial charge in [0.2, 0.25) is 0 Å². The van der Waals surface area contributed by atoms with Crippen LogP contribution in [0.15, 0.2) is 22.5 Å². The van der Waals surface area contributed by atoms with Gasteiger partial charge in [0.05, 0.1) is 11.2 Å². The summed E-state index contributed by atoms with van der Waals surface area (Å²) in [6.45, 7) is 0. The molecule has 1 unspecified atom stereocenters. The fourth-order valence-corrected chi connectivity index (χ4v) is 2.58. The van der Waals surface area contributed by atoms with E-state index in [2.05, 4.69) is 11.1 Å². The first-order valence-electron chi connectivity index (χ1n) is 5.63. The number of hydrogen-bond donors (Lipinski definition) is 1. The lowest BCUT2D eigenvalue weighted by Gasteiger charge is -2.15. The molecular formula is C12H17NOS. The summed E-state index contributed by atoms with van der Waals surface area (Å²) in [6.07, 6.45) is 8.96. The van der Waals surface area contributed by atoms with Crippen LogP contribution in [-0.2, 0) is 0 Å². The van der Waals surface area contributed by atoms with Crippen molar-refractivity contribution in [1.29, 1.82) is 0 Å². The number of aliphatic hydroxyl groups excluding tert-OH is 1. The van der Waals surface area contributed by atoms with Crippen LogP contribution in [0.25, 0.3) is 0 Å². The van der Waals surface area contributed by atoms with Crippen molar-refractivity contribution in [3.8, 4) is 0 Å². The lowest BCUT2D eigenvalue weighted by molar-refractivity contribution is 0.205. The maximum atomic E-state index is 10.1. The van der Waals surface area contributed by atoms with Gasteiger partial charge in [0.15, 0.2) is 0 Å². The van der Waals surface area contributed by atoms with Gasteiger partial charge in [-0.1, -0.05) is 18.9 Å². The molecule has 15 heavy (non-hydrogen) atoms. The highest BCUT2D eigenvalue weighted by Gasteiger charge is 2.15. The van der Waals surface area contributed by atoms with Crippen LogP contribution in [-0.4, -0.2) is 10.1 Å². The number of allylic oxidation sites excluding steroid dienone is 1. The molecule has 1 N–H and O–H groups in total. The van der Waals surface area contributed by atoms with Gasteiger partial charge in [-0.25, -0.2) is 4.98 Å². The molecule has 1 heterocycles. The highest BCUT2D eigenvalue weighted by atomic mass is 32.1. The number of thiazole rings is 1. The van der Waals surface area contributed by atoms with Gasteiger partial charge in [-0.05, 0) is 31.3 Å². The Kier molecular flexibility index (Phi) is 3.92. The summed E-state index contributed by atoms with van der Waals surface area (Å²) in [5, 5.41) is 12.1. The molecule has 0 spiro atoms. The summed E-state index contributed by atoms with van der Waals surface area (Å²) in [5.41, 5.74) is 3.76. The molecule has 0 saturated heterocycles. The number of rotatable bonds is 2. The van der Waals surface area contributed by atoms with E-state index in [0.717, 1.165) is 18.5 Å². The summed E-state index contributed by atoms with van der Waals surface area (Å²) >= 11 is 1.54. The second-order valence-electron chi connectivity index (χ2n) is 4.05. The fraction of sp³-hybridized carbons (Fsp3) is 0.583. The molecule has 0 aliphatic heterocycles. The maximum absolute atomic E-state index is 10.1. The molecule has 0 amide bonds. The lowest BCUT2D eigenvalue weighted by atomic mass is 9.95. The van der Waals surface area contributed by atoms with Crippen LogP contribution in [0.5, 0.6) is 0 Å². The molecule has 1 aliphatic rings. The molecule has 1 aliphatic carbocycles. The zero-order valence-electron chi connectivity index (χ0n) is 8.85. The summed E-state index contributed by atoms with van der Waals surface area (Å²) in [6, 6.07) is 0. The minimum atomic E-state index is -0.464. The van der Waals surface area contributed by atoms with E-state index in [9.17, 15) is 5.11 Å². The Bertz CT molecular complexity index is 318. The topological polar surface area (TPSA) is 33.1 Å². The van der Waals surface area contributed by atoms with E-state index in [1.807, 2.05) is 5.38 Å². The molecule has 0 saturated carbocycles. The van der Waals surface area contributed by atoms with Crippen molar-refractivity contribution in [3.63, 3.8) is 0 Å². The van der Waals surface area contributed by atoms with E-state index in [-0.39, 0.29) is 0 Å². The number of nitrogens with zero attached hydrogens (tertiary/aromatic N) is 1. The lowest BCUT2D eigenvalue weighted by Crippen LogP contribution is -2.03. The van der Waals surface area contributed by atoms with Gasteiger partial charge < -0.3 is 5.11 Å². The van der Waals surface area contributed by atoms with E-state index < -0.39 is 6.10 Å². The standard InChI is InChI=1S/C12H17NOS/c14-12(11-8-15-9-13-11)10-6-4-2-1-3-5-7-10/h6,8-9,12,14H,1-5,7H2. The van der Waals surface area contributed by atoms with Crippen molar-refractivity contribution in [2.45, 2.75) is 44.6 Å². The maximum Gasteiger partial charge on any atom is 0.118 e. The van der Waals surface area contributed by atoms with Crippen molar-refractivity contribution < 1.29 is 5.11 Å². The second kappa shape index (κ2) is 5.42. The monoisotopic (exact) mass is 223 g/mol. The SMILES string of the molecule is OC(C1=CCCCCCC1)c1cscn1. The number of aromatic nitrogens is 1. The van der Waals surface area contributed by atoms with Crippen molar-refractivity contribution in [2.75, 3.05) is 0 Å². The third-order valence-corrected chi connectivity index (χ3v) is 3.51. The first-order valence-corrected chi connectivity index (χ1v) is 6.57. The smallest absolute Gasteiger partial charge is 0.118 e. The summed E-state index contributed by atoms with van der Waals surface area (Å²) in [7, 11) is 0. The molecule has 1 aromatic heterocycles. The summed E-state index contributed by atoms with van der Waals surface area (Å²) in [5.74, 6) is 0. The molecule has 1 aromatic rings. The van der Waals surface area contributed by atoms with Crippen LogP contribution in [0.3, 0.4) is 0 Å². The average molecular weight is 223 g/mol. The van der Waals surface area contributed by atoms with Crippen LogP contribution in [0.2, 0.25) is 0 Å². The van der Waals surface area contributed by atoms with Crippen LogP contribution in [0.4, 0.5) is 0 Å². The Labute approximate surface area is 94.7 Å². The molecule has 0 aromatic carbocycles. The highest BCUT2D eigenvalue weighted by Crippen LogP contribution is 2.28. The van der Waals surface area contributed by atoms with Crippen LogP contribution in [0, 0.1) is 0 Å². The van der Waals surface area contributed by atoms with Gasteiger partial charge in [-0.3, -0.25) is 0 Å². The third kappa shape index (κ3) is 2.89. The van der Waals surface area contributed by atoms with Gasteiger partial charge in [-0.2, -0.15) is 0 Å². The quantitative estimate of drug-likeness (QED) is 0.779. The minimum absolute atomic E-state index is 0.464. The Morgan fingerprint density at radius 1 is 1.27 bits per heavy atom. The number of aliphatic hydroxyl groups is 1. The van der Waals surface area contributed by atoms with E-state index in [1.54, 1.807) is 16.8 Å². The van der Waals surface area contributed by atoms with Crippen molar-refractivity contribution in [3.05, 3.63) is 28.2 Å². The van der Waals surface area contributed by atoms with E-state index in [0.29, 0.717) is 0 Å². The van der Waals surface area contributed by atoms with Gasteiger partial charge >= 0.3 is 0 Å². The van der Waals surface area contributed by atoms with Crippen molar-refractivity contribution in [1.82, 2.24) is 4.98 Å². The van der Waals surface area contributed by atoms with E-state index in [1.165, 1.54) is 31.3 Å². The van der Waals surface area contributed by atoms with E-state index in [4.69, 9.17) is 0 Å². The zero-order chi connectivity index (χ0) is 10.5. The zero-order valence-corrected chi connectivity index (χ0v) is 9.67.